The zero-order valence-corrected chi connectivity index (χ0v) is 28.9. The lowest BCUT2D eigenvalue weighted by Gasteiger charge is -2.60. The van der Waals surface area contributed by atoms with E-state index in [0.29, 0.717) is 30.2 Å². The van der Waals surface area contributed by atoms with Crippen molar-refractivity contribution in [3.05, 3.63) is 42.0 Å². The topological polar surface area (TPSA) is 49.8 Å². The van der Waals surface area contributed by atoms with E-state index in [2.05, 4.69) is 47.6 Å². The molecular formula is C40H63NO3. The van der Waals surface area contributed by atoms with Gasteiger partial charge < -0.3 is 9.84 Å². The number of ether oxygens (including phenoxy) is 1. The number of carbonyl (C=O) groups is 1. The van der Waals surface area contributed by atoms with Gasteiger partial charge in [0.2, 0.25) is 0 Å². The molecule has 5 rings (SSSR count). The largest absolute Gasteiger partial charge is 0.445 e. The van der Waals surface area contributed by atoms with Gasteiger partial charge >= 0.3 is 6.09 Å². The number of unbranched alkanes of at least 4 members (excludes halogenated alkanes) is 3. The number of nitrogens with zero attached hydrogens (tertiary/aromatic N) is 1. The lowest BCUT2D eigenvalue weighted by atomic mass is 9.46. The van der Waals surface area contributed by atoms with Gasteiger partial charge in [-0.2, -0.15) is 0 Å². The fraction of sp³-hybridized carbons (Fsp3) is 0.775. The van der Waals surface area contributed by atoms with Gasteiger partial charge in [-0.3, -0.25) is 4.90 Å². The van der Waals surface area contributed by atoms with Crippen LogP contribution < -0.4 is 4.90 Å². The number of carbonyl (C=O) groups excluding carboxylic acids is 1. The van der Waals surface area contributed by atoms with Crippen molar-refractivity contribution < 1.29 is 14.6 Å². The van der Waals surface area contributed by atoms with Gasteiger partial charge in [0.25, 0.3) is 0 Å². The molecule has 0 radical (unpaired) electrons. The lowest BCUT2D eigenvalue weighted by Crippen LogP contribution is -2.57. The second kappa shape index (κ2) is 14.3. The molecule has 1 N–H and O–H groups in total. The molecule has 1 aromatic carbocycles. The summed E-state index contributed by atoms with van der Waals surface area (Å²) in [5.41, 5.74) is 2.47. The van der Waals surface area contributed by atoms with Crippen LogP contribution in [-0.2, 0) is 4.74 Å². The highest BCUT2D eigenvalue weighted by Gasteiger charge is 2.61. The first-order valence-electron chi connectivity index (χ1n) is 18.5. The fourth-order valence-corrected chi connectivity index (χ4v) is 10.7. The van der Waals surface area contributed by atoms with E-state index < -0.39 is 6.10 Å². The van der Waals surface area contributed by atoms with Crippen molar-refractivity contribution in [3.63, 3.8) is 0 Å². The van der Waals surface area contributed by atoms with Crippen molar-refractivity contribution in [2.75, 3.05) is 11.4 Å². The second-order valence-electron chi connectivity index (χ2n) is 16.2. The van der Waals surface area contributed by atoms with Crippen LogP contribution in [0.3, 0.4) is 0 Å². The maximum atomic E-state index is 14.0. The molecule has 4 nitrogen and oxygen atoms in total. The lowest BCUT2D eigenvalue weighted by molar-refractivity contribution is -0.109. The number of fused-ring (bicyclic) bond motifs is 5. The highest BCUT2D eigenvalue weighted by atomic mass is 16.6. The van der Waals surface area contributed by atoms with E-state index in [1.54, 1.807) is 0 Å². The molecule has 1 unspecified atom stereocenters. The van der Waals surface area contributed by atoms with E-state index in [1.165, 1.54) is 63.4 Å². The van der Waals surface area contributed by atoms with Crippen LogP contribution in [0.5, 0.6) is 0 Å². The Bertz CT molecular complexity index is 1110. The zero-order chi connectivity index (χ0) is 31.5. The Hall–Kier alpha value is -1.81. The van der Waals surface area contributed by atoms with E-state index in [9.17, 15) is 9.90 Å². The third kappa shape index (κ3) is 6.67. The molecule has 0 heterocycles. The molecule has 4 heteroatoms. The molecular weight excluding hydrogens is 542 g/mol. The summed E-state index contributed by atoms with van der Waals surface area (Å²) in [4.78, 5) is 15.9. The number of allylic oxidation sites excluding steroid dienone is 1. The van der Waals surface area contributed by atoms with E-state index in [1.807, 2.05) is 35.2 Å². The molecule has 0 spiro atoms. The number of hydrogen-bond donors (Lipinski definition) is 1. The van der Waals surface area contributed by atoms with Gasteiger partial charge in [0.1, 0.15) is 6.10 Å². The molecule has 246 valence electrons. The van der Waals surface area contributed by atoms with Crippen LogP contribution >= 0.6 is 0 Å². The Kier molecular flexibility index (Phi) is 10.9. The van der Waals surface area contributed by atoms with Crippen LogP contribution in [0.15, 0.2) is 42.0 Å². The van der Waals surface area contributed by atoms with E-state index in [0.717, 1.165) is 55.0 Å². The standard InChI is InChI=1S/C40H63NO3/c1-7-8-9-13-25-41(31-17-11-10-12-18-31)38(43)44-37-27-32(42)26-30-19-20-33-35-22-21-34(29(4)16-14-15-28(2)3)39(35,5)24-23-36(33)40(30,37)6/h10-12,17-19,28-29,32-37,42H,7-9,13-16,20-27H2,1-6H3/t29-,32-,33+,34-,35+,36+,37?,39-,40+/m1/s1. The average Bonchev–Trinajstić information content (AvgIpc) is 3.35. The van der Waals surface area contributed by atoms with Crippen LogP contribution in [-0.4, -0.2) is 30.0 Å². The van der Waals surface area contributed by atoms with E-state index >= 15 is 0 Å². The van der Waals surface area contributed by atoms with Crippen molar-refractivity contribution in [1.82, 2.24) is 0 Å². The molecule has 0 bridgehead atoms. The monoisotopic (exact) mass is 605 g/mol. The van der Waals surface area contributed by atoms with Crippen molar-refractivity contribution in [3.8, 4) is 0 Å². The van der Waals surface area contributed by atoms with Crippen molar-refractivity contribution in [2.45, 2.75) is 144 Å². The average molecular weight is 606 g/mol. The van der Waals surface area contributed by atoms with Gasteiger partial charge in [-0.05, 0) is 98.0 Å². The van der Waals surface area contributed by atoms with Gasteiger partial charge in [0.15, 0.2) is 0 Å². The maximum absolute atomic E-state index is 14.0. The first-order valence-corrected chi connectivity index (χ1v) is 18.5. The third-order valence-electron chi connectivity index (χ3n) is 13.1. The van der Waals surface area contributed by atoms with E-state index in [4.69, 9.17) is 4.74 Å². The number of para-hydroxylation sites is 1. The van der Waals surface area contributed by atoms with Crippen molar-refractivity contribution in [2.24, 2.45) is 46.3 Å². The molecule has 3 fully saturated rings. The zero-order valence-electron chi connectivity index (χ0n) is 28.9. The van der Waals surface area contributed by atoms with Crippen molar-refractivity contribution in [1.29, 1.82) is 0 Å². The molecule has 1 aromatic rings. The molecule has 1 amide bonds. The summed E-state index contributed by atoms with van der Waals surface area (Å²) < 4.78 is 6.60. The molecule has 0 aliphatic heterocycles. The van der Waals surface area contributed by atoms with Crippen LogP contribution in [0, 0.1) is 46.3 Å². The number of anilines is 1. The van der Waals surface area contributed by atoms with Crippen LogP contribution in [0.25, 0.3) is 0 Å². The summed E-state index contributed by atoms with van der Waals surface area (Å²) in [7, 11) is 0. The Morgan fingerprint density at radius 2 is 1.77 bits per heavy atom. The minimum absolute atomic E-state index is 0.204. The van der Waals surface area contributed by atoms with E-state index in [-0.39, 0.29) is 17.6 Å². The Morgan fingerprint density at radius 1 is 1.00 bits per heavy atom. The maximum Gasteiger partial charge on any atom is 0.414 e. The predicted molar refractivity (Wildman–Crippen MR) is 183 cm³/mol. The molecule has 4 aliphatic carbocycles. The van der Waals surface area contributed by atoms with Crippen molar-refractivity contribution >= 4 is 11.8 Å². The minimum Gasteiger partial charge on any atom is -0.445 e. The Balaban J connectivity index is 1.35. The number of benzene rings is 1. The summed E-state index contributed by atoms with van der Waals surface area (Å²) >= 11 is 0. The van der Waals surface area contributed by atoms with Gasteiger partial charge in [-0.15, -0.1) is 0 Å². The summed E-state index contributed by atoms with van der Waals surface area (Å²) in [5, 5.41) is 11.0. The summed E-state index contributed by atoms with van der Waals surface area (Å²) in [5.74, 6) is 4.32. The Labute approximate surface area is 269 Å². The molecule has 44 heavy (non-hydrogen) atoms. The smallest absolute Gasteiger partial charge is 0.414 e. The number of rotatable bonds is 12. The van der Waals surface area contributed by atoms with Crippen LogP contribution in [0.2, 0.25) is 0 Å². The van der Waals surface area contributed by atoms with Gasteiger partial charge in [0.05, 0.1) is 6.10 Å². The molecule has 4 aliphatic rings. The highest BCUT2D eigenvalue weighted by molar-refractivity contribution is 5.87. The molecule has 9 atom stereocenters. The summed E-state index contributed by atoms with van der Waals surface area (Å²) in [6.45, 7) is 15.2. The first kappa shape index (κ1) is 33.6. The molecule has 3 saturated carbocycles. The number of amides is 1. The molecule has 0 aromatic heterocycles. The number of hydrogen-bond acceptors (Lipinski definition) is 3. The number of aliphatic hydroxyl groups is 1. The number of aliphatic hydroxyl groups excluding tert-OH is 1. The second-order valence-corrected chi connectivity index (χ2v) is 16.2. The summed E-state index contributed by atoms with van der Waals surface area (Å²) in [6.07, 6.45) is 17.6. The predicted octanol–water partition coefficient (Wildman–Crippen LogP) is 10.6. The normalized spacial score (nSPS) is 35.3. The SMILES string of the molecule is CCCCCCN(C(=O)OC1C[C@H](O)CC2=CC[C@H]3[C@@H]4CC[C@H]([C@H](C)CCCC(C)C)[C@@]4(C)CC[C@@H]3[C@]21C)c1ccccc1. The third-order valence-corrected chi connectivity index (χ3v) is 13.1. The Morgan fingerprint density at radius 3 is 2.50 bits per heavy atom. The first-order chi connectivity index (χ1) is 21.1. The summed E-state index contributed by atoms with van der Waals surface area (Å²) in [6, 6.07) is 10.0. The highest BCUT2D eigenvalue weighted by Crippen LogP contribution is 2.67. The van der Waals surface area contributed by atoms with Crippen LogP contribution in [0.4, 0.5) is 10.5 Å². The van der Waals surface area contributed by atoms with Gasteiger partial charge in [-0.25, -0.2) is 4.79 Å². The van der Waals surface area contributed by atoms with Gasteiger partial charge in [-0.1, -0.05) is 110 Å². The molecule has 0 saturated heterocycles. The quantitative estimate of drug-likeness (QED) is 0.190. The minimum atomic E-state index is -0.449. The van der Waals surface area contributed by atoms with Gasteiger partial charge in [0, 0.05) is 24.1 Å². The fourth-order valence-electron chi connectivity index (χ4n) is 10.7. The van der Waals surface area contributed by atoms with Crippen LogP contribution in [0.1, 0.15) is 131 Å².